The second kappa shape index (κ2) is 7.92. The van der Waals surface area contributed by atoms with Gasteiger partial charge in [0.1, 0.15) is 11.3 Å². The summed E-state index contributed by atoms with van der Waals surface area (Å²) in [7, 11) is 0. The van der Waals surface area contributed by atoms with Gasteiger partial charge >= 0.3 is 0 Å². The molecule has 0 saturated carbocycles. The van der Waals surface area contributed by atoms with E-state index < -0.39 is 5.91 Å². The lowest BCUT2D eigenvalue weighted by Crippen LogP contribution is -2.24. The average Bonchev–Trinajstić information content (AvgIpc) is 3.15. The molecule has 0 atom stereocenters. The molecule has 0 aliphatic carbocycles. The van der Waals surface area contributed by atoms with Crippen molar-refractivity contribution in [2.24, 2.45) is 11.7 Å². The SMILES string of the molecule is CCCC(CCC)C(=O)Nc1onc(-c2cccs2)c1C(N)=O. The summed E-state index contributed by atoms with van der Waals surface area (Å²) in [6, 6.07) is 3.66. The van der Waals surface area contributed by atoms with Crippen molar-refractivity contribution in [2.75, 3.05) is 5.32 Å². The van der Waals surface area contributed by atoms with Crippen LogP contribution in [0.1, 0.15) is 49.9 Å². The molecule has 0 bridgehead atoms. The van der Waals surface area contributed by atoms with Crippen molar-refractivity contribution in [3.63, 3.8) is 0 Å². The van der Waals surface area contributed by atoms with E-state index in [0.29, 0.717) is 5.69 Å². The van der Waals surface area contributed by atoms with Crippen LogP contribution in [0.25, 0.3) is 10.6 Å². The molecule has 124 valence electrons. The van der Waals surface area contributed by atoms with Crippen molar-refractivity contribution in [3.8, 4) is 10.6 Å². The molecule has 0 saturated heterocycles. The number of carbonyl (C=O) groups excluding carboxylic acids is 2. The molecule has 6 nitrogen and oxygen atoms in total. The monoisotopic (exact) mass is 335 g/mol. The number of nitrogens with zero attached hydrogens (tertiary/aromatic N) is 1. The predicted molar refractivity (Wildman–Crippen MR) is 90.3 cm³/mol. The van der Waals surface area contributed by atoms with Gasteiger partial charge < -0.3 is 10.3 Å². The average molecular weight is 335 g/mol. The summed E-state index contributed by atoms with van der Waals surface area (Å²) in [6.45, 7) is 4.07. The number of nitrogens with one attached hydrogen (secondary N) is 1. The van der Waals surface area contributed by atoms with E-state index in [0.717, 1.165) is 30.6 Å². The summed E-state index contributed by atoms with van der Waals surface area (Å²) < 4.78 is 5.18. The van der Waals surface area contributed by atoms with E-state index in [1.165, 1.54) is 11.3 Å². The van der Waals surface area contributed by atoms with Crippen LogP contribution < -0.4 is 11.1 Å². The second-order valence-electron chi connectivity index (χ2n) is 5.34. The van der Waals surface area contributed by atoms with Gasteiger partial charge in [0.15, 0.2) is 0 Å². The van der Waals surface area contributed by atoms with Gasteiger partial charge in [-0.25, -0.2) is 0 Å². The standard InChI is InChI=1S/C16H21N3O3S/c1-3-6-10(7-4-2)15(21)18-16-12(14(17)20)13(19-22-16)11-8-5-9-23-11/h5,8-10H,3-4,6-7H2,1-2H3,(H2,17,20)(H,18,21). The highest BCUT2D eigenvalue weighted by atomic mass is 32.1. The molecular weight excluding hydrogens is 314 g/mol. The van der Waals surface area contributed by atoms with E-state index in [1.807, 2.05) is 31.4 Å². The van der Waals surface area contributed by atoms with Crippen LogP contribution in [-0.2, 0) is 4.79 Å². The largest absolute Gasteiger partial charge is 0.365 e. The Morgan fingerprint density at radius 1 is 1.35 bits per heavy atom. The van der Waals surface area contributed by atoms with E-state index in [1.54, 1.807) is 0 Å². The minimum atomic E-state index is -0.674. The molecular formula is C16H21N3O3S. The molecule has 2 amide bonds. The summed E-state index contributed by atoms with van der Waals surface area (Å²) in [6.07, 6.45) is 3.41. The van der Waals surface area contributed by atoms with Crippen LogP contribution in [-0.4, -0.2) is 17.0 Å². The number of anilines is 1. The molecule has 0 fully saturated rings. The van der Waals surface area contributed by atoms with Crippen LogP contribution in [0.3, 0.4) is 0 Å². The molecule has 2 rings (SSSR count). The van der Waals surface area contributed by atoms with Crippen molar-refractivity contribution < 1.29 is 14.1 Å². The molecule has 3 N–H and O–H groups in total. The first-order valence-corrected chi connectivity index (χ1v) is 8.60. The van der Waals surface area contributed by atoms with Crippen molar-refractivity contribution in [2.45, 2.75) is 39.5 Å². The second-order valence-corrected chi connectivity index (χ2v) is 6.29. The summed E-state index contributed by atoms with van der Waals surface area (Å²) in [4.78, 5) is 25.0. The van der Waals surface area contributed by atoms with Gasteiger partial charge in [-0.05, 0) is 24.3 Å². The van der Waals surface area contributed by atoms with Crippen LogP contribution in [0.2, 0.25) is 0 Å². The Hall–Kier alpha value is -2.15. The number of thiophene rings is 1. The Morgan fingerprint density at radius 2 is 2.04 bits per heavy atom. The fourth-order valence-corrected chi connectivity index (χ4v) is 3.21. The minimum Gasteiger partial charge on any atom is -0.365 e. The zero-order valence-electron chi connectivity index (χ0n) is 13.3. The summed E-state index contributed by atoms with van der Waals surface area (Å²) in [5.74, 6) is -0.915. The molecule has 0 aliphatic heterocycles. The Kier molecular flexibility index (Phi) is 5.92. The molecule has 0 spiro atoms. The molecule has 0 aliphatic rings. The number of nitrogens with two attached hydrogens (primary N) is 1. The van der Waals surface area contributed by atoms with Crippen molar-refractivity contribution in [1.82, 2.24) is 5.16 Å². The third-order valence-electron chi connectivity index (χ3n) is 3.57. The van der Waals surface area contributed by atoms with Crippen molar-refractivity contribution in [1.29, 1.82) is 0 Å². The van der Waals surface area contributed by atoms with Crippen LogP contribution >= 0.6 is 11.3 Å². The molecule has 7 heteroatoms. The predicted octanol–water partition coefficient (Wildman–Crippen LogP) is 3.66. The third kappa shape index (κ3) is 3.98. The first-order valence-electron chi connectivity index (χ1n) is 7.72. The molecule has 23 heavy (non-hydrogen) atoms. The van der Waals surface area contributed by atoms with Gasteiger partial charge in [-0.2, -0.15) is 0 Å². The van der Waals surface area contributed by atoms with Gasteiger partial charge in [0.2, 0.25) is 11.8 Å². The maximum atomic E-state index is 12.4. The van der Waals surface area contributed by atoms with Crippen LogP contribution in [0.5, 0.6) is 0 Å². The highest BCUT2D eigenvalue weighted by Crippen LogP contribution is 2.32. The third-order valence-corrected chi connectivity index (χ3v) is 4.45. The zero-order chi connectivity index (χ0) is 16.8. The normalized spacial score (nSPS) is 10.9. The summed E-state index contributed by atoms with van der Waals surface area (Å²) in [5.41, 5.74) is 5.93. The van der Waals surface area contributed by atoms with Gasteiger partial charge in [0, 0.05) is 5.92 Å². The fraction of sp³-hybridized carbons (Fsp3) is 0.438. The Morgan fingerprint density at radius 3 is 2.57 bits per heavy atom. The number of primary amides is 1. The Labute approximate surface area is 139 Å². The van der Waals surface area contributed by atoms with Crippen molar-refractivity contribution >= 4 is 29.0 Å². The first-order chi connectivity index (χ1) is 11.1. The minimum absolute atomic E-state index is 0.0307. The topological polar surface area (TPSA) is 98.2 Å². The van der Waals surface area contributed by atoms with Crippen LogP contribution in [0.15, 0.2) is 22.0 Å². The number of hydrogen-bond donors (Lipinski definition) is 2. The number of amides is 2. The Balaban J connectivity index is 2.26. The van der Waals surface area contributed by atoms with E-state index in [2.05, 4.69) is 10.5 Å². The van der Waals surface area contributed by atoms with Gasteiger partial charge in [-0.15, -0.1) is 11.3 Å². The van der Waals surface area contributed by atoms with E-state index >= 15 is 0 Å². The number of carbonyl (C=O) groups is 2. The van der Waals surface area contributed by atoms with Gasteiger partial charge in [0.25, 0.3) is 5.91 Å². The quantitative estimate of drug-likeness (QED) is 0.769. The lowest BCUT2D eigenvalue weighted by Gasteiger charge is -2.14. The molecule has 0 radical (unpaired) electrons. The molecule has 0 aromatic carbocycles. The number of hydrogen-bond acceptors (Lipinski definition) is 5. The van der Waals surface area contributed by atoms with E-state index in [9.17, 15) is 9.59 Å². The molecule has 2 aromatic heterocycles. The van der Waals surface area contributed by atoms with Gasteiger partial charge in [-0.1, -0.05) is 37.9 Å². The lowest BCUT2D eigenvalue weighted by atomic mass is 9.97. The molecule has 2 aromatic rings. The van der Waals surface area contributed by atoms with Gasteiger partial charge in [0.05, 0.1) is 4.88 Å². The summed E-state index contributed by atoms with van der Waals surface area (Å²) >= 11 is 1.42. The smallest absolute Gasteiger partial charge is 0.256 e. The fourth-order valence-electron chi connectivity index (χ4n) is 2.50. The highest BCUT2D eigenvalue weighted by molar-refractivity contribution is 7.13. The maximum Gasteiger partial charge on any atom is 0.256 e. The highest BCUT2D eigenvalue weighted by Gasteiger charge is 2.26. The molecule has 0 unspecified atom stereocenters. The van der Waals surface area contributed by atoms with Crippen LogP contribution in [0, 0.1) is 5.92 Å². The van der Waals surface area contributed by atoms with Gasteiger partial charge in [-0.3, -0.25) is 14.9 Å². The zero-order valence-corrected chi connectivity index (χ0v) is 14.1. The Bertz CT molecular complexity index is 658. The summed E-state index contributed by atoms with van der Waals surface area (Å²) in [5, 5.41) is 8.45. The van der Waals surface area contributed by atoms with E-state index in [-0.39, 0.29) is 23.3 Å². The lowest BCUT2D eigenvalue weighted by molar-refractivity contribution is -0.120. The van der Waals surface area contributed by atoms with Crippen LogP contribution in [0.4, 0.5) is 5.88 Å². The maximum absolute atomic E-state index is 12.4. The number of rotatable bonds is 8. The number of aromatic nitrogens is 1. The molecule has 2 heterocycles. The van der Waals surface area contributed by atoms with E-state index in [4.69, 9.17) is 10.3 Å². The van der Waals surface area contributed by atoms with Crippen molar-refractivity contribution in [3.05, 3.63) is 23.1 Å². The first kappa shape index (κ1) is 17.2.